The van der Waals surface area contributed by atoms with Crippen LogP contribution in [0.4, 0.5) is 0 Å². The molecule has 1 atom stereocenters. The number of hydrogen-bond donors (Lipinski definition) is 3. The van der Waals surface area contributed by atoms with Gasteiger partial charge >= 0.3 is 0 Å². The Bertz CT molecular complexity index is 540. The highest BCUT2D eigenvalue weighted by molar-refractivity contribution is 7.14. The van der Waals surface area contributed by atoms with Crippen LogP contribution in [0, 0.1) is 5.92 Å². The number of thiophene rings is 1. The van der Waals surface area contributed by atoms with Gasteiger partial charge in [-0.1, -0.05) is 11.6 Å². The summed E-state index contributed by atoms with van der Waals surface area (Å²) in [4.78, 5) is 14.5. The minimum atomic E-state index is -0.343. The van der Waals surface area contributed by atoms with Crippen molar-refractivity contribution in [3.05, 3.63) is 21.4 Å². The monoisotopic (exact) mass is 307 g/mol. The van der Waals surface area contributed by atoms with Crippen molar-refractivity contribution in [2.45, 2.75) is 51.0 Å². The first-order valence-electron chi connectivity index (χ1n) is 7.59. The molecule has 1 amide bonds. The number of nitrogens with one attached hydrogen (secondary N) is 1. The summed E-state index contributed by atoms with van der Waals surface area (Å²) in [5, 5.41) is 14.8. The van der Waals surface area contributed by atoms with E-state index in [4.69, 9.17) is 10.9 Å². The molecule has 5 nitrogen and oxygen atoms in total. The van der Waals surface area contributed by atoms with Crippen molar-refractivity contribution in [2.24, 2.45) is 16.8 Å². The topological polar surface area (TPSA) is 87.7 Å². The van der Waals surface area contributed by atoms with Gasteiger partial charge in [-0.3, -0.25) is 4.79 Å². The molecule has 1 saturated carbocycles. The molecule has 0 bridgehead atoms. The van der Waals surface area contributed by atoms with E-state index in [-0.39, 0.29) is 17.8 Å². The zero-order valence-electron chi connectivity index (χ0n) is 12.0. The number of aryl methyl sites for hydroxylation is 2. The summed E-state index contributed by atoms with van der Waals surface area (Å²) < 4.78 is 0. The zero-order valence-corrected chi connectivity index (χ0v) is 12.8. The van der Waals surface area contributed by atoms with Crippen LogP contribution in [-0.2, 0) is 12.8 Å². The molecule has 1 aromatic heterocycles. The van der Waals surface area contributed by atoms with Gasteiger partial charge in [-0.15, -0.1) is 11.3 Å². The van der Waals surface area contributed by atoms with E-state index in [1.807, 2.05) is 6.07 Å². The molecule has 6 heteroatoms. The molecule has 0 radical (unpaired) electrons. The molecule has 4 N–H and O–H groups in total. The first-order chi connectivity index (χ1) is 10.2. The highest BCUT2D eigenvalue weighted by atomic mass is 32.1. The third kappa shape index (κ3) is 3.20. The normalized spacial score (nSPS) is 20.5. The molecule has 21 heavy (non-hydrogen) atoms. The number of carbonyl (C=O) groups excluding carboxylic acids is 1. The lowest BCUT2D eigenvalue weighted by atomic mass is 10.1. The molecule has 1 fully saturated rings. The fraction of sp³-hybridized carbons (Fsp3) is 0.600. The highest BCUT2D eigenvalue weighted by Gasteiger charge is 2.35. The van der Waals surface area contributed by atoms with E-state index in [1.54, 1.807) is 11.3 Å². The average molecular weight is 307 g/mol. The summed E-state index contributed by atoms with van der Waals surface area (Å²) >= 11 is 1.59. The fourth-order valence-corrected chi connectivity index (χ4v) is 4.07. The van der Waals surface area contributed by atoms with E-state index in [0.29, 0.717) is 5.92 Å². The average Bonchev–Trinajstić information content (AvgIpc) is 3.28. The minimum Gasteiger partial charge on any atom is -0.409 e. The van der Waals surface area contributed by atoms with Gasteiger partial charge in [-0.2, -0.15) is 0 Å². The Hall–Kier alpha value is -1.56. The van der Waals surface area contributed by atoms with E-state index in [1.165, 1.54) is 29.7 Å². The van der Waals surface area contributed by atoms with Crippen molar-refractivity contribution >= 4 is 23.1 Å². The number of amides is 1. The molecule has 0 aliphatic heterocycles. The fourth-order valence-electron chi connectivity index (χ4n) is 2.92. The number of rotatable bonds is 4. The highest BCUT2D eigenvalue weighted by Crippen LogP contribution is 2.33. The number of nitrogens with zero attached hydrogens (tertiary/aromatic N) is 1. The first-order valence-corrected chi connectivity index (χ1v) is 8.40. The summed E-state index contributed by atoms with van der Waals surface area (Å²) in [6.45, 7) is 0. The molecule has 1 heterocycles. The Labute approximate surface area is 128 Å². The second-order valence-corrected chi connectivity index (χ2v) is 7.07. The lowest BCUT2D eigenvalue weighted by Crippen LogP contribution is -2.45. The van der Waals surface area contributed by atoms with Crippen molar-refractivity contribution in [1.82, 2.24) is 5.32 Å². The van der Waals surface area contributed by atoms with Gasteiger partial charge in [0.25, 0.3) is 5.91 Å². The van der Waals surface area contributed by atoms with Crippen LogP contribution in [0.5, 0.6) is 0 Å². The Morgan fingerprint density at radius 2 is 2.14 bits per heavy atom. The van der Waals surface area contributed by atoms with Crippen molar-refractivity contribution in [2.75, 3.05) is 0 Å². The van der Waals surface area contributed by atoms with Crippen molar-refractivity contribution in [3.63, 3.8) is 0 Å². The first kappa shape index (κ1) is 14.4. The van der Waals surface area contributed by atoms with Gasteiger partial charge in [0, 0.05) is 4.88 Å². The maximum absolute atomic E-state index is 12.4. The zero-order chi connectivity index (χ0) is 14.8. The van der Waals surface area contributed by atoms with Crippen LogP contribution < -0.4 is 11.1 Å². The molecule has 114 valence electrons. The molecule has 1 unspecified atom stereocenters. The summed E-state index contributed by atoms with van der Waals surface area (Å²) in [6.07, 6.45) is 7.88. The predicted molar refractivity (Wildman–Crippen MR) is 83.0 cm³/mol. The van der Waals surface area contributed by atoms with Gasteiger partial charge in [0.15, 0.2) is 5.84 Å². The second kappa shape index (κ2) is 6.05. The van der Waals surface area contributed by atoms with Crippen LogP contribution in [0.15, 0.2) is 11.2 Å². The number of hydrogen-bond acceptors (Lipinski definition) is 4. The molecule has 0 aromatic carbocycles. The van der Waals surface area contributed by atoms with Gasteiger partial charge in [-0.05, 0) is 56.1 Å². The van der Waals surface area contributed by atoms with Gasteiger partial charge in [0.05, 0.1) is 10.9 Å². The number of carbonyl (C=O) groups is 1. The van der Waals surface area contributed by atoms with Gasteiger partial charge in [0.1, 0.15) is 0 Å². The summed E-state index contributed by atoms with van der Waals surface area (Å²) in [6, 6.07) is 1.68. The van der Waals surface area contributed by atoms with E-state index >= 15 is 0 Å². The lowest BCUT2D eigenvalue weighted by Gasteiger charge is -2.15. The van der Waals surface area contributed by atoms with Crippen LogP contribution >= 0.6 is 11.3 Å². The van der Waals surface area contributed by atoms with Crippen LogP contribution in [-0.4, -0.2) is 23.0 Å². The summed E-state index contributed by atoms with van der Waals surface area (Å²) in [5.74, 6) is 0.308. The van der Waals surface area contributed by atoms with Crippen LogP contribution in [0.2, 0.25) is 0 Å². The largest absolute Gasteiger partial charge is 0.409 e. The number of amidine groups is 1. The number of fused-ring (bicyclic) bond motifs is 1. The molecule has 0 saturated heterocycles. The van der Waals surface area contributed by atoms with Crippen molar-refractivity contribution < 1.29 is 10.0 Å². The molecule has 3 rings (SSSR count). The number of oxime groups is 1. The predicted octanol–water partition coefficient (Wildman–Crippen LogP) is 2.27. The molecular formula is C15H21N3O2S. The second-order valence-electron chi connectivity index (χ2n) is 5.93. The number of nitrogens with two attached hydrogens (primary N) is 1. The third-order valence-corrected chi connectivity index (χ3v) is 5.52. The smallest absolute Gasteiger partial charge is 0.261 e. The molecular weight excluding hydrogens is 286 g/mol. The van der Waals surface area contributed by atoms with Gasteiger partial charge < -0.3 is 16.3 Å². The Morgan fingerprint density at radius 1 is 1.38 bits per heavy atom. The summed E-state index contributed by atoms with van der Waals surface area (Å²) in [7, 11) is 0. The van der Waals surface area contributed by atoms with Crippen LogP contribution in [0.25, 0.3) is 0 Å². The maximum atomic E-state index is 12.4. The molecule has 2 aliphatic rings. The van der Waals surface area contributed by atoms with Crippen LogP contribution in [0.3, 0.4) is 0 Å². The van der Waals surface area contributed by atoms with E-state index in [2.05, 4.69) is 10.5 Å². The van der Waals surface area contributed by atoms with Crippen molar-refractivity contribution in [3.8, 4) is 0 Å². The maximum Gasteiger partial charge on any atom is 0.261 e. The standard InChI is InChI=1S/C15H21N3O2S/c16-14(18-20)13(9-6-7-9)17-15(19)12-8-10-4-2-1-3-5-11(10)21-12/h8-9,13,20H,1-7H2,(H2,16,18)(H,17,19). The van der Waals surface area contributed by atoms with E-state index in [9.17, 15) is 4.79 Å². The van der Waals surface area contributed by atoms with E-state index in [0.717, 1.165) is 30.6 Å². The molecule has 0 spiro atoms. The molecule has 1 aromatic rings. The Kier molecular flexibility index (Phi) is 4.14. The quantitative estimate of drug-likeness (QED) is 0.262. The van der Waals surface area contributed by atoms with Crippen LogP contribution in [0.1, 0.15) is 52.2 Å². The molecule has 2 aliphatic carbocycles. The van der Waals surface area contributed by atoms with Crippen molar-refractivity contribution in [1.29, 1.82) is 0 Å². The Balaban J connectivity index is 1.73. The van der Waals surface area contributed by atoms with E-state index < -0.39 is 0 Å². The SMILES string of the molecule is NC(=NO)C(NC(=O)c1cc2c(s1)CCCCC2)C1CC1. The Morgan fingerprint density at radius 3 is 2.86 bits per heavy atom. The lowest BCUT2D eigenvalue weighted by molar-refractivity contribution is 0.0947. The minimum absolute atomic E-state index is 0.100. The third-order valence-electron chi connectivity index (χ3n) is 4.28. The van der Waals surface area contributed by atoms with Gasteiger partial charge in [0.2, 0.25) is 0 Å². The summed E-state index contributed by atoms with van der Waals surface area (Å²) in [5.41, 5.74) is 7.02. The van der Waals surface area contributed by atoms with Gasteiger partial charge in [-0.25, -0.2) is 0 Å².